The van der Waals surface area contributed by atoms with Crippen molar-refractivity contribution < 1.29 is 5.11 Å². The number of nitrogens with zero attached hydrogens (tertiary/aromatic N) is 2. The maximum absolute atomic E-state index is 8.95. The Kier molecular flexibility index (Phi) is 4.11. The molecule has 0 aliphatic rings. The molecule has 0 saturated heterocycles. The van der Waals surface area contributed by atoms with Crippen molar-refractivity contribution in [2.24, 2.45) is 0 Å². The SMILES string of the molecule is CCc1nsc(NC(CC)CO)n1. The maximum atomic E-state index is 8.95. The molecular formula is C8H15N3OS. The predicted molar refractivity (Wildman–Crippen MR) is 54.1 cm³/mol. The van der Waals surface area contributed by atoms with E-state index in [2.05, 4.69) is 14.7 Å². The zero-order chi connectivity index (χ0) is 9.68. The molecule has 5 heteroatoms. The number of anilines is 1. The largest absolute Gasteiger partial charge is 0.394 e. The third kappa shape index (κ3) is 2.93. The molecule has 0 bridgehead atoms. The van der Waals surface area contributed by atoms with Gasteiger partial charge in [0.25, 0.3) is 0 Å². The van der Waals surface area contributed by atoms with Gasteiger partial charge in [0.15, 0.2) is 0 Å². The van der Waals surface area contributed by atoms with Gasteiger partial charge < -0.3 is 10.4 Å². The van der Waals surface area contributed by atoms with Crippen molar-refractivity contribution in [1.29, 1.82) is 0 Å². The van der Waals surface area contributed by atoms with E-state index in [9.17, 15) is 0 Å². The fourth-order valence-electron chi connectivity index (χ4n) is 0.908. The Morgan fingerprint density at radius 3 is 2.77 bits per heavy atom. The molecule has 0 saturated carbocycles. The Morgan fingerprint density at radius 1 is 1.54 bits per heavy atom. The minimum absolute atomic E-state index is 0.0951. The third-order valence-electron chi connectivity index (χ3n) is 1.83. The average Bonchev–Trinajstić information content (AvgIpc) is 2.61. The smallest absolute Gasteiger partial charge is 0.202 e. The van der Waals surface area contributed by atoms with Crippen molar-refractivity contribution in [2.45, 2.75) is 32.7 Å². The number of rotatable bonds is 5. The molecule has 4 nitrogen and oxygen atoms in total. The number of aliphatic hydroxyl groups is 1. The van der Waals surface area contributed by atoms with Gasteiger partial charge in [0, 0.05) is 18.0 Å². The normalized spacial score (nSPS) is 12.8. The lowest BCUT2D eigenvalue weighted by atomic mass is 10.2. The molecule has 2 N–H and O–H groups in total. The Bertz CT molecular complexity index is 247. The molecule has 13 heavy (non-hydrogen) atoms. The Morgan fingerprint density at radius 2 is 2.31 bits per heavy atom. The monoisotopic (exact) mass is 201 g/mol. The van der Waals surface area contributed by atoms with Gasteiger partial charge in [-0.15, -0.1) is 0 Å². The molecule has 1 atom stereocenters. The van der Waals surface area contributed by atoms with Gasteiger partial charge in [0.05, 0.1) is 12.6 Å². The summed E-state index contributed by atoms with van der Waals surface area (Å²) in [6.45, 7) is 4.18. The van der Waals surface area contributed by atoms with Crippen LogP contribution in [-0.4, -0.2) is 27.1 Å². The number of aromatic nitrogens is 2. The molecule has 0 aromatic carbocycles. The molecule has 0 radical (unpaired) electrons. The standard InChI is InChI=1S/C8H15N3OS/c1-3-6(5-12)9-8-10-7(4-2)11-13-8/h6,12H,3-5H2,1-2H3,(H,9,10,11). The Balaban J connectivity index is 2.52. The van der Waals surface area contributed by atoms with Crippen LogP contribution in [0.5, 0.6) is 0 Å². The highest BCUT2D eigenvalue weighted by Crippen LogP contribution is 2.13. The lowest BCUT2D eigenvalue weighted by Gasteiger charge is -2.11. The minimum Gasteiger partial charge on any atom is -0.394 e. The van der Waals surface area contributed by atoms with Crippen LogP contribution in [0.15, 0.2) is 0 Å². The number of nitrogens with one attached hydrogen (secondary N) is 1. The van der Waals surface area contributed by atoms with Gasteiger partial charge in [0.1, 0.15) is 5.82 Å². The summed E-state index contributed by atoms with van der Waals surface area (Å²) in [5.74, 6) is 0.861. The Hall–Kier alpha value is -0.680. The summed E-state index contributed by atoms with van der Waals surface area (Å²) in [6, 6.07) is 0.0951. The summed E-state index contributed by atoms with van der Waals surface area (Å²) in [7, 11) is 0. The molecule has 1 aromatic heterocycles. The number of hydrogen-bond acceptors (Lipinski definition) is 5. The van der Waals surface area contributed by atoms with Crippen molar-refractivity contribution in [3.8, 4) is 0 Å². The first-order valence-electron chi connectivity index (χ1n) is 4.50. The van der Waals surface area contributed by atoms with Crippen molar-refractivity contribution >= 4 is 16.7 Å². The molecule has 0 spiro atoms. The topological polar surface area (TPSA) is 58.0 Å². The van der Waals surface area contributed by atoms with Crippen LogP contribution in [0, 0.1) is 0 Å². The van der Waals surface area contributed by atoms with Crippen LogP contribution in [0.1, 0.15) is 26.1 Å². The first-order chi connectivity index (χ1) is 6.30. The summed E-state index contributed by atoms with van der Waals surface area (Å²) in [5, 5.41) is 12.9. The average molecular weight is 201 g/mol. The molecule has 0 fully saturated rings. The van der Waals surface area contributed by atoms with E-state index in [0.29, 0.717) is 0 Å². The highest BCUT2D eigenvalue weighted by Gasteiger charge is 2.07. The maximum Gasteiger partial charge on any atom is 0.202 e. The van der Waals surface area contributed by atoms with E-state index >= 15 is 0 Å². The summed E-state index contributed by atoms with van der Waals surface area (Å²) in [4.78, 5) is 4.25. The van der Waals surface area contributed by atoms with Crippen molar-refractivity contribution in [2.75, 3.05) is 11.9 Å². The summed E-state index contributed by atoms with van der Waals surface area (Å²) >= 11 is 1.35. The van der Waals surface area contributed by atoms with Gasteiger partial charge in [-0.05, 0) is 6.42 Å². The lowest BCUT2D eigenvalue weighted by Crippen LogP contribution is -2.22. The molecule has 74 valence electrons. The predicted octanol–water partition coefficient (Wildman–Crippen LogP) is 1.28. The van der Waals surface area contributed by atoms with Crippen LogP contribution in [0.4, 0.5) is 5.13 Å². The van der Waals surface area contributed by atoms with Crippen molar-refractivity contribution in [3.05, 3.63) is 5.82 Å². The quantitative estimate of drug-likeness (QED) is 0.753. The third-order valence-corrected chi connectivity index (χ3v) is 2.51. The number of aryl methyl sites for hydroxylation is 1. The number of hydrogen-bond donors (Lipinski definition) is 2. The van der Waals surface area contributed by atoms with Gasteiger partial charge in [0.2, 0.25) is 5.13 Å². The minimum atomic E-state index is 0.0951. The summed E-state index contributed by atoms with van der Waals surface area (Å²) in [6.07, 6.45) is 1.74. The lowest BCUT2D eigenvalue weighted by molar-refractivity contribution is 0.272. The second-order valence-electron chi connectivity index (χ2n) is 2.80. The van der Waals surface area contributed by atoms with E-state index in [1.807, 2.05) is 13.8 Å². The Labute approximate surface area is 82.2 Å². The highest BCUT2D eigenvalue weighted by molar-refractivity contribution is 7.09. The van der Waals surface area contributed by atoms with E-state index in [0.717, 1.165) is 23.8 Å². The van der Waals surface area contributed by atoms with E-state index in [-0.39, 0.29) is 12.6 Å². The van der Waals surface area contributed by atoms with Crippen LogP contribution in [0.2, 0.25) is 0 Å². The second kappa shape index (κ2) is 5.14. The molecule has 1 heterocycles. The van der Waals surface area contributed by atoms with Crippen LogP contribution in [0.25, 0.3) is 0 Å². The van der Waals surface area contributed by atoms with Crippen molar-refractivity contribution in [1.82, 2.24) is 9.36 Å². The van der Waals surface area contributed by atoms with Crippen LogP contribution in [0.3, 0.4) is 0 Å². The fourth-order valence-corrected chi connectivity index (χ4v) is 1.63. The molecule has 1 rings (SSSR count). The molecule has 0 aliphatic heterocycles. The van der Waals surface area contributed by atoms with E-state index in [1.165, 1.54) is 11.5 Å². The molecule has 0 aliphatic carbocycles. The molecule has 1 unspecified atom stereocenters. The van der Waals surface area contributed by atoms with Crippen LogP contribution in [-0.2, 0) is 6.42 Å². The van der Waals surface area contributed by atoms with Gasteiger partial charge in [-0.3, -0.25) is 0 Å². The number of aliphatic hydroxyl groups excluding tert-OH is 1. The zero-order valence-corrected chi connectivity index (χ0v) is 8.77. The first-order valence-corrected chi connectivity index (χ1v) is 5.27. The van der Waals surface area contributed by atoms with Gasteiger partial charge in [-0.2, -0.15) is 4.37 Å². The molecular weight excluding hydrogens is 186 g/mol. The summed E-state index contributed by atoms with van der Waals surface area (Å²) < 4.78 is 4.14. The van der Waals surface area contributed by atoms with E-state index in [4.69, 9.17) is 5.11 Å². The van der Waals surface area contributed by atoms with Crippen LogP contribution < -0.4 is 5.32 Å². The van der Waals surface area contributed by atoms with E-state index in [1.54, 1.807) is 0 Å². The second-order valence-corrected chi connectivity index (χ2v) is 3.55. The molecule has 0 amide bonds. The first kappa shape index (κ1) is 10.4. The van der Waals surface area contributed by atoms with Gasteiger partial charge in [-0.1, -0.05) is 13.8 Å². The highest BCUT2D eigenvalue weighted by atomic mass is 32.1. The van der Waals surface area contributed by atoms with E-state index < -0.39 is 0 Å². The molecule has 1 aromatic rings. The van der Waals surface area contributed by atoms with Gasteiger partial charge in [-0.25, -0.2) is 4.98 Å². The van der Waals surface area contributed by atoms with Crippen molar-refractivity contribution in [3.63, 3.8) is 0 Å². The fraction of sp³-hybridized carbons (Fsp3) is 0.750. The summed E-state index contributed by atoms with van der Waals surface area (Å²) in [5.41, 5.74) is 0. The van der Waals surface area contributed by atoms with Crippen LogP contribution >= 0.6 is 11.5 Å². The van der Waals surface area contributed by atoms with Gasteiger partial charge >= 0.3 is 0 Å². The zero-order valence-electron chi connectivity index (χ0n) is 7.95.